The highest BCUT2D eigenvalue weighted by atomic mass is 35.5. The van der Waals surface area contributed by atoms with Crippen LogP contribution in [0.15, 0.2) is 72.9 Å². The molecule has 8 heteroatoms. The molecule has 2 atom stereocenters. The average Bonchev–Trinajstić information content (AvgIpc) is 2.86. The van der Waals surface area contributed by atoms with Gasteiger partial charge in [0.25, 0.3) is 5.91 Å². The molecule has 2 N–H and O–H groups in total. The van der Waals surface area contributed by atoms with Crippen LogP contribution in [0.25, 0.3) is 0 Å². The number of nitrogens with one attached hydrogen (secondary N) is 1. The lowest BCUT2D eigenvalue weighted by molar-refractivity contribution is -0.153. The number of halogens is 1. The van der Waals surface area contributed by atoms with Gasteiger partial charge in [-0.05, 0) is 55.3 Å². The summed E-state index contributed by atoms with van der Waals surface area (Å²) < 4.78 is 5.80. The third kappa shape index (κ3) is 5.95. The standard InChI is InChI=1S/C29H32ClN3O4/c1-20(32-26(35)24-10-7-16-31-27(24)37-23-8-5-4-6-9-23)18-25(34)33-17-15-29(36,28(2,3)19-33)21-11-13-22(30)14-12-21/h4-14,16,20,36H,15,17-19H2,1-3H3,(H,32,35)/t20-,29+/m1/s1. The van der Waals surface area contributed by atoms with E-state index in [1.165, 1.54) is 0 Å². The first kappa shape index (κ1) is 26.6. The average molecular weight is 522 g/mol. The Morgan fingerprint density at radius 1 is 1.11 bits per heavy atom. The monoisotopic (exact) mass is 521 g/mol. The number of ether oxygens (including phenoxy) is 1. The van der Waals surface area contributed by atoms with Crippen LogP contribution in [0.3, 0.4) is 0 Å². The molecule has 2 heterocycles. The van der Waals surface area contributed by atoms with Gasteiger partial charge < -0.3 is 20.1 Å². The second kappa shape index (κ2) is 10.9. The molecule has 0 spiro atoms. The van der Waals surface area contributed by atoms with Crippen LogP contribution in [0.1, 0.15) is 49.5 Å². The van der Waals surface area contributed by atoms with Crippen molar-refractivity contribution in [3.05, 3.63) is 89.1 Å². The van der Waals surface area contributed by atoms with E-state index in [9.17, 15) is 14.7 Å². The molecule has 1 aliphatic heterocycles. The minimum Gasteiger partial charge on any atom is -0.438 e. The van der Waals surface area contributed by atoms with E-state index in [0.29, 0.717) is 30.3 Å². The van der Waals surface area contributed by atoms with Crippen molar-refractivity contribution in [3.8, 4) is 11.6 Å². The number of nitrogens with zero attached hydrogens (tertiary/aromatic N) is 2. The molecule has 0 aliphatic carbocycles. The number of para-hydroxylation sites is 1. The van der Waals surface area contributed by atoms with E-state index in [0.717, 1.165) is 5.56 Å². The summed E-state index contributed by atoms with van der Waals surface area (Å²) in [6.45, 7) is 6.53. The van der Waals surface area contributed by atoms with Gasteiger partial charge in [-0.2, -0.15) is 0 Å². The SMILES string of the molecule is C[C@H](CC(=O)N1CC[C@](O)(c2ccc(Cl)cc2)C(C)(C)C1)NC(=O)c1cccnc1Oc1ccccc1. The van der Waals surface area contributed by atoms with Crippen molar-refractivity contribution >= 4 is 23.4 Å². The maximum atomic E-state index is 13.2. The van der Waals surface area contributed by atoms with Crippen molar-refractivity contribution in [2.45, 2.75) is 45.3 Å². The van der Waals surface area contributed by atoms with Crippen LogP contribution >= 0.6 is 11.6 Å². The molecule has 37 heavy (non-hydrogen) atoms. The Morgan fingerprint density at radius 2 is 1.81 bits per heavy atom. The minimum atomic E-state index is -1.08. The number of piperidine rings is 1. The Morgan fingerprint density at radius 3 is 2.49 bits per heavy atom. The van der Waals surface area contributed by atoms with Crippen molar-refractivity contribution in [1.29, 1.82) is 0 Å². The molecule has 0 bridgehead atoms. The smallest absolute Gasteiger partial charge is 0.257 e. The Labute approximate surface area is 222 Å². The van der Waals surface area contributed by atoms with E-state index in [2.05, 4.69) is 10.3 Å². The molecular weight excluding hydrogens is 490 g/mol. The van der Waals surface area contributed by atoms with Crippen LogP contribution in [0.5, 0.6) is 11.6 Å². The number of hydrogen-bond donors (Lipinski definition) is 2. The van der Waals surface area contributed by atoms with Crippen molar-refractivity contribution in [1.82, 2.24) is 15.2 Å². The van der Waals surface area contributed by atoms with Crippen molar-refractivity contribution < 1.29 is 19.4 Å². The van der Waals surface area contributed by atoms with Crippen LogP contribution in [-0.2, 0) is 10.4 Å². The van der Waals surface area contributed by atoms with E-state index < -0.39 is 17.1 Å². The van der Waals surface area contributed by atoms with Gasteiger partial charge in [-0.15, -0.1) is 0 Å². The number of hydrogen-bond acceptors (Lipinski definition) is 5. The summed E-state index contributed by atoms with van der Waals surface area (Å²) in [5.41, 5.74) is -0.581. The van der Waals surface area contributed by atoms with Gasteiger partial charge in [0.2, 0.25) is 11.8 Å². The zero-order chi connectivity index (χ0) is 26.6. The van der Waals surface area contributed by atoms with E-state index in [4.69, 9.17) is 16.3 Å². The van der Waals surface area contributed by atoms with Gasteiger partial charge in [0.15, 0.2) is 0 Å². The normalized spacial score (nSPS) is 19.6. The third-order valence-corrected chi connectivity index (χ3v) is 7.21. The Hall–Kier alpha value is -3.42. The fourth-order valence-electron chi connectivity index (χ4n) is 4.78. The zero-order valence-corrected chi connectivity index (χ0v) is 22.0. The van der Waals surface area contributed by atoms with Gasteiger partial charge in [0, 0.05) is 42.2 Å². The fraction of sp³-hybridized carbons (Fsp3) is 0.345. The Bertz CT molecular complexity index is 1250. The maximum Gasteiger partial charge on any atom is 0.257 e. The van der Waals surface area contributed by atoms with E-state index >= 15 is 0 Å². The molecule has 0 saturated carbocycles. The second-order valence-corrected chi connectivity index (χ2v) is 10.6. The molecule has 2 aromatic carbocycles. The van der Waals surface area contributed by atoms with E-state index in [1.807, 2.05) is 44.2 Å². The summed E-state index contributed by atoms with van der Waals surface area (Å²) in [6, 6.07) is 19.2. The molecule has 1 aliphatic rings. The van der Waals surface area contributed by atoms with Crippen LogP contribution in [0.2, 0.25) is 5.02 Å². The largest absolute Gasteiger partial charge is 0.438 e. The van der Waals surface area contributed by atoms with Gasteiger partial charge in [0.1, 0.15) is 11.3 Å². The van der Waals surface area contributed by atoms with Gasteiger partial charge in [0.05, 0.1) is 5.60 Å². The highest BCUT2D eigenvalue weighted by molar-refractivity contribution is 6.30. The predicted octanol–water partition coefficient (Wildman–Crippen LogP) is 5.18. The van der Waals surface area contributed by atoms with E-state index in [-0.39, 0.29) is 29.7 Å². The third-order valence-electron chi connectivity index (χ3n) is 6.96. The molecule has 1 aromatic heterocycles. The van der Waals surface area contributed by atoms with Crippen LogP contribution < -0.4 is 10.1 Å². The fourth-order valence-corrected chi connectivity index (χ4v) is 4.91. The number of aromatic nitrogens is 1. The molecule has 7 nitrogen and oxygen atoms in total. The number of carbonyl (C=O) groups excluding carboxylic acids is 2. The van der Waals surface area contributed by atoms with Crippen LogP contribution in [0.4, 0.5) is 0 Å². The molecule has 0 unspecified atom stereocenters. The highest BCUT2D eigenvalue weighted by Crippen LogP contribution is 2.46. The van der Waals surface area contributed by atoms with Crippen LogP contribution in [-0.4, -0.2) is 45.9 Å². The summed E-state index contributed by atoms with van der Waals surface area (Å²) in [5, 5.41) is 15.1. The van der Waals surface area contributed by atoms with Crippen molar-refractivity contribution in [2.75, 3.05) is 13.1 Å². The minimum absolute atomic E-state index is 0.0778. The first-order valence-electron chi connectivity index (χ1n) is 12.3. The summed E-state index contributed by atoms with van der Waals surface area (Å²) in [5.74, 6) is 0.329. The predicted molar refractivity (Wildman–Crippen MR) is 143 cm³/mol. The lowest BCUT2D eigenvalue weighted by Gasteiger charge is -2.50. The van der Waals surface area contributed by atoms with Crippen LogP contribution in [0, 0.1) is 5.41 Å². The van der Waals surface area contributed by atoms with Gasteiger partial charge in [-0.1, -0.05) is 55.8 Å². The topological polar surface area (TPSA) is 91.8 Å². The summed E-state index contributed by atoms with van der Waals surface area (Å²) in [7, 11) is 0. The maximum absolute atomic E-state index is 13.2. The van der Waals surface area contributed by atoms with Crippen molar-refractivity contribution in [3.63, 3.8) is 0 Å². The summed E-state index contributed by atoms with van der Waals surface area (Å²) in [6.07, 6.45) is 2.10. The molecule has 194 valence electrons. The molecular formula is C29H32ClN3O4. The van der Waals surface area contributed by atoms with E-state index in [1.54, 1.807) is 54.4 Å². The zero-order valence-electron chi connectivity index (χ0n) is 21.3. The lowest BCUT2D eigenvalue weighted by atomic mass is 9.66. The first-order chi connectivity index (χ1) is 17.6. The second-order valence-electron chi connectivity index (χ2n) is 10.2. The molecule has 2 amide bonds. The number of likely N-dealkylation sites (tertiary alicyclic amines) is 1. The van der Waals surface area contributed by atoms with Crippen molar-refractivity contribution in [2.24, 2.45) is 5.41 Å². The number of amides is 2. The quantitative estimate of drug-likeness (QED) is 0.447. The number of benzene rings is 2. The van der Waals surface area contributed by atoms with Gasteiger partial charge in [-0.25, -0.2) is 4.98 Å². The molecule has 4 rings (SSSR count). The van der Waals surface area contributed by atoms with Gasteiger partial charge in [-0.3, -0.25) is 9.59 Å². The highest BCUT2D eigenvalue weighted by Gasteiger charge is 2.49. The molecule has 1 fully saturated rings. The number of carbonyl (C=O) groups is 2. The summed E-state index contributed by atoms with van der Waals surface area (Å²) >= 11 is 6.03. The summed E-state index contributed by atoms with van der Waals surface area (Å²) in [4.78, 5) is 32.1. The Balaban J connectivity index is 1.37. The number of aliphatic hydroxyl groups is 1. The van der Waals surface area contributed by atoms with Gasteiger partial charge >= 0.3 is 0 Å². The Kier molecular flexibility index (Phi) is 7.85. The molecule has 3 aromatic rings. The molecule has 1 saturated heterocycles. The first-order valence-corrected chi connectivity index (χ1v) is 12.7. The number of rotatable bonds is 7. The molecule has 0 radical (unpaired) electrons. The number of pyridine rings is 1. The lowest BCUT2D eigenvalue weighted by Crippen LogP contribution is -2.57.